The zero-order valence-electron chi connectivity index (χ0n) is 18.1. The summed E-state index contributed by atoms with van der Waals surface area (Å²) in [5.41, 5.74) is 1.33. The molecule has 3 rings (SSSR count). The van der Waals surface area contributed by atoms with Gasteiger partial charge in [0.05, 0.1) is 12.3 Å². The maximum Gasteiger partial charge on any atom is 0.412 e. The number of allylic oxidation sites excluding steroid dienone is 1. The summed E-state index contributed by atoms with van der Waals surface area (Å²) in [6.45, 7) is -0.0192. The predicted molar refractivity (Wildman–Crippen MR) is 126 cm³/mol. The van der Waals surface area contributed by atoms with Crippen LogP contribution in [0.4, 0.5) is 10.5 Å². The molecule has 172 valence electrons. The van der Waals surface area contributed by atoms with E-state index in [1.165, 1.54) is 0 Å². The van der Waals surface area contributed by atoms with Crippen molar-refractivity contribution in [1.82, 2.24) is 0 Å². The van der Waals surface area contributed by atoms with Gasteiger partial charge in [-0.3, -0.25) is 5.32 Å². The Bertz CT molecular complexity index is 1110. The third kappa shape index (κ3) is 7.08. The molecule has 0 fully saturated rings. The van der Waals surface area contributed by atoms with Gasteiger partial charge in [-0.1, -0.05) is 60.7 Å². The van der Waals surface area contributed by atoms with Gasteiger partial charge in [0.1, 0.15) is 18.5 Å². The average molecular weight is 450 g/mol. The molecular formula is C26H27NO6. The number of fused-ring (bicyclic) bond motifs is 1. The molecule has 3 aromatic carbocycles. The van der Waals surface area contributed by atoms with E-state index in [9.17, 15) is 9.59 Å². The third-order valence-corrected chi connectivity index (χ3v) is 4.99. The van der Waals surface area contributed by atoms with E-state index in [1.807, 2.05) is 54.6 Å². The van der Waals surface area contributed by atoms with Crippen LogP contribution in [0.1, 0.15) is 30.9 Å². The van der Waals surface area contributed by atoms with Crippen LogP contribution in [-0.4, -0.2) is 35.5 Å². The SMILES string of the molecule is O=C(O)/C=C/CCC[C@H](OC(=O)Nc1cccc2ccccc12)c1ccccc1OCCO. The Balaban J connectivity index is 1.77. The second kappa shape index (κ2) is 12.3. The van der Waals surface area contributed by atoms with Crippen LogP contribution in [0.3, 0.4) is 0 Å². The Morgan fingerprint density at radius 1 is 1.00 bits per heavy atom. The fourth-order valence-electron chi connectivity index (χ4n) is 3.52. The Hall–Kier alpha value is -3.84. The van der Waals surface area contributed by atoms with Gasteiger partial charge in [0.25, 0.3) is 0 Å². The topological polar surface area (TPSA) is 105 Å². The molecule has 7 nitrogen and oxygen atoms in total. The molecule has 1 atom stereocenters. The van der Waals surface area contributed by atoms with E-state index >= 15 is 0 Å². The number of carbonyl (C=O) groups is 2. The molecule has 0 aliphatic carbocycles. The summed E-state index contributed by atoms with van der Waals surface area (Å²) in [7, 11) is 0. The molecule has 3 N–H and O–H groups in total. The van der Waals surface area contributed by atoms with E-state index in [2.05, 4.69) is 5.32 Å². The highest BCUT2D eigenvalue weighted by molar-refractivity contribution is 6.00. The number of benzene rings is 3. The Kier molecular flexibility index (Phi) is 8.85. The van der Waals surface area contributed by atoms with Gasteiger partial charge in [0.2, 0.25) is 0 Å². The molecule has 1 amide bonds. The van der Waals surface area contributed by atoms with Crippen molar-refractivity contribution in [2.24, 2.45) is 0 Å². The van der Waals surface area contributed by atoms with Crippen LogP contribution < -0.4 is 10.1 Å². The van der Waals surface area contributed by atoms with Crippen molar-refractivity contribution < 1.29 is 29.3 Å². The first-order valence-electron chi connectivity index (χ1n) is 10.8. The lowest BCUT2D eigenvalue weighted by Gasteiger charge is -2.21. The molecule has 0 saturated carbocycles. The van der Waals surface area contributed by atoms with E-state index in [-0.39, 0.29) is 13.2 Å². The smallest absolute Gasteiger partial charge is 0.412 e. The monoisotopic (exact) mass is 449 g/mol. The molecule has 0 aliphatic rings. The zero-order chi connectivity index (χ0) is 23.5. The van der Waals surface area contributed by atoms with Crippen LogP contribution in [0.2, 0.25) is 0 Å². The number of unbranched alkanes of at least 4 members (excludes halogenated alkanes) is 1. The summed E-state index contributed by atoms with van der Waals surface area (Å²) in [5.74, 6) is -0.476. The highest BCUT2D eigenvalue weighted by Crippen LogP contribution is 2.32. The molecule has 33 heavy (non-hydrogen) atoms. The maximum atomic E-state index is 12.8. The van der Waals surface area contributed by atoms with E-state index in [4.69, 9.17) is 19.7 Å². The minimum absolute atomic E-state index is 0.118. The summed E-state index contributed by atoms with van der Waals surface area (Å²) in [4.78, 5) is 23.5. The van der Waals surface area contributed by atoms with Crippen molar-refractivity contribution >= 4 is 28.5 Å². The number of nitrogens with one attached hydrogen (secondary N) is 1. The van der Waals surface area contributed by atoms with Gasteiger partial charge < -0.3 is 19.7 Å². The molecule has 0 aliphatic heterocycles. The first kappa shape index (κ1) is 23.8. The first-order valence-corrected chi connectivity index (χ1v) is 10.8. The number of hydrogen-bond acceptors (Lipinski definition) is 5. The number of ether oxygens (including phenoxy) is 2. The molecule has 0 unspecified atom stereocenters. The lowest BCUT2D eigenvalue weighted by Crippen LogP contribution is -2.18. The number of aliphatic carboxylic acids is 1. The number of amides is 1. The van der Waals surface area contributed by atoms with Crippen LogP contribution in [0.15, 0.2) is 78.9 Å². The van der Waals surface area contributed by atoms with Crippen LogP contribution in [-0.2, 0) is 9.53 Å². The minimum atomic E-state index is -1.000. The number of para-hydroxylation sites is 1. The average Bonchev–Trinajstić information content (AvgIpc) is 2.82. The second-order valence-corrected chi connectivity index (χ2v) is 7.33. The Morgan fingerprint density at radius 2 is 1.76 bits per heavy atom. The summed E-state index contributed by atoms with van der Waals surface area (Å²) in [6.07, 6.45) is 3.04. The van der Waals surface area contributed by atoms with Crippen LogP contribution in [0.5, 0.6) is 5.75 Å². The number of carboxylic acid groups (broad SMARTS) is 1. The number of rotatable bonds is 11. The normalized spacial score (nSPS) is 11.9. The van der Waals surface area contributed by atoms with E-state index in [1.54, 1.807) is 18.2 Å². The van der Waals surface area contributed by atoms with Gasteiger partial charge in [-0.05, 0) is 36.8 Å². The molecule has 3 aromatic rings. The molecule has 7 heteroatoms. The van der Waals surface area contributed by atoms with Crippen LogP contribution in [0.25, 0.3) is 10.8 Å². The number of carboxylic acids is 1. The fraction of sp³-hybridized carbons (Fsp3) is 0.231. The number of aliphatic hydroxyl groups is 1. The van der Waals surface area contributed by atoms with Crippen molar-refractivity contribution in [3.63, 3.8) is 0 Å². The Labute approximate surface area is 192 Å². The highest BCUT2D eigenvalue weighted by atomic mass is 16.6. The Morgan fingerprint density at radius 3 is 2.58 bits per heavy atom. The summed E-state index contributed by atoms with van der Waals surface area (Å²) in [6, 6.07) is 20.6. The van der Waals surface area contributed by atoms with Crippen molar-refractivity contribution in [2.45, 2.75) is 25.4 Å². The predicted octanol–water partition coefficient (Wildman–Crippen LogP) is 5.31. The van der Waals surface area contributed by atoms with E-state index in [0.29, 0.717) is 36.3 Å². The van der Waals surface area contributed by atoms with E-state index < -0.39 is 18.2 Å². The molecule has 0 radical (unpaired) electrons. The number of aliphatic hydroxyl groups excluding tert-OH is 1. The van der Waals surface area contributed by atoms with Crippen molar-refractivity contribution in [3.8, 4) is 5.75 Å². The van der Waals surface area contributed by atoms with Gasteiger partial charge in [-0.15, -0.1) is 0 Å². The summed E-state index contributed by atoms with van der Waals surface area (Å²) >= 11 is 0. The van der Waals surface area contributed by atoms with Gasteiger partial charge >= 0.3 is 12.1 Å². The number of hydrogen-bond donors (Lipinski definition) is 3. The van der Waals surface area contributed by atoms with Gasteiger partial charge in [0, 0.05) is 17.0 Å². The standard InChI is InChI=1S/C26H27NO6/c28-17-18-32-23-14-7-6-12-21(23)24(15-2-1-3-16-25(29)30)33-26(31)27-22-13-8-10-19-9-4-5-11-20(19)22/h3-14,16,24,28H,1-2,15,17-18H2,(H,27,31)(H,29,30)/b16-3+/t24-/m0/s1. The minimum Gasteiger partial charge on any atom is -0.491 e. The lowest BCUT2D eigenvalue weighted by atomic mass is 10.0. The first-order chi connectivity index (χ1) is 16.1. The van der Waals surface area contributed by atoms with Crippen LogP contribution in [0, 0.1) is 0 Å². The molecule has 0 saturated heterocycles. The van der Waals surface area contributed by atoms with Gasteiger partial charge in [-0.25, -0.2) is 9.59 Å². The number of carbonyl (C=O) groups excluding carboxylic acids is 1. The van der Waals surface area contributed by atoms with Gasteiger partial charge in [-0.2, -0.15) is 0 Å². The van der Waals surface area contributed by atoms with Crippen molar-refractivity contribution in [1.29, 1.82) is 0 Å². The van der Waals surface area contributed by atoms with Crippen LogP contribution >= 0.6 is 0 Å². The molecule has 0 bridgehead atoms. The number of anilines is 1. The third-order valence-electron chi connectivity index (χ3n) is 4.99. The molecule has 0 aromatic heterocycles. The summed E-state index contributed by atoms with van der Waals surface area (Å²) in [5, 5.41) is 22.6. The van der Waals surface area contributed by atoms with Crippen molar-refractivity contribution in [2.75, 3.05) is 18.5 Å². The molecule has 0 spiro atoms. The largest absolute Gasteiger partial charge is 0.491 e. The highest BCUT2D eigenvalue weighted by Gasteiger charge is 2.21. The lowest BCUT2D eigenvalue weighted by molar-refractivity contribution is -0.131. The maximum absolute atomic E-state index is 12.8. The van der Waals surface area contributed by atoms with Gasteiger partial charge in [0.15, 0.2) is 0 Å². The fourth-order valence-corrected chi connectivity index (χ4v) is 3.52. The summed E-state index contributed by atoms with van der Waals surface area (Å²) < 4.78 is 11.4. The molecule has 0 heterocycles. The second-order valence-electron chi connectivity index (χ2n) is 7.33. The zero-order valence-corrected chi connectivity index (χ0v) is 18.1. The van der Waals surface area contributed by atoms with E-state index in [0.717, 1.165) is 16.8 Å². The van der Waals surface area contributed by atoms with Crippen molar-refractivity contribution in [3.05, 3.63) is 84.4 Å². The molecular weight excluding hydrogens is 422 g/mol. The quantitative estimate of drug-likeness (QED) is 0.271.